The van der Waals surface area contributed by atoms with Crippen molar-refractivity contribution >= 4 is 16.9 Å². The summed E-state index contributed by atoms with van der Waals surface area (Å²) in [6.07, 6.45) is 3.05. The number of nitrogens with zero attached hydrogens (tertiary/aromatic N) is 1. The molecule has 1 aliphatic rings. The first-order valence-corrected chi connectivity index (χ1v) is 8.74. The summed E-state index contributed by atoms with van der Waals surface area (Å²) in [5.74, 6) is 0.329. The van der Waals surface area contributed by atoms with E-state index in [1.165, 1.54) is 12.1 Å². The summed E-state index contributed by atoms with van der Waals surface area (Å²) in [5, 5.41) is 0.941. The molecular weight excluding hydrogens is 317 g/mol. The second-order valence-corrected chi connectivity index (χ2v) is 6.64. The molecule has 4 heteroatoms. The molecule has 1 aliphatic heterocycles. The monoisotopic (exact) mass is 337 g/mol. The minimum absolute atomic E-state index is 0.0646. The van der Waals surface area contributed by atoms with Crippen LogP contribution in [0.2, 0.25) is 0 Å². The molecule has 0 unspecified atom stereocenters. The Morgan fingerprint density at radius 2 is 1.88 bits per heavy atom. The summed E-state index contributed by atoms with van der Waals surface area (Å²) in [4.78, 5) is 14.8. The van der Waals surface area contributed by atoms with Crippen LogP contribution in [0.1, 0.15) is 41.3 Å². The number of fused-ring (bicyclic) bond motifs is 1. The van der Waals surface area contributed by atoms with Crippen molar-refractivity contribution in [3.63, 3.8) is 0 Å². The highest BCUT2D eigenvalue weighted by Gasteiger charge is 2.26. The topological polar surface area (TPSA) is 33.5 Å². The quantitative estimate of drug-likeness (QED) is 0.661. The molecule has 3 nitrogen and oxygen atoms in total. The Labute approximate surface area is 146 Å². The minimum atomic E-state index is -0.229. The fourth-order valence-electron chi connectivity index (χ4n) is 3.58. The highest BCUT2D eigenvalue weighted by molar-refractivity contribution is 5.96. The third-order valence-corrected chi connectivity index (χ3v) is 4.94. The lowest BCUT2D eigenvalue weighted by Gasteiger charge is -2.24. The molecule has 0 N–H and O–H groups in total. The zero-order valence-corrected chi connectivity index (χ0v) is 14.0. The average Bonchev–Trinajstić information content (AvgIpc) is 2.92. The van der Waals surface area contributed by atoms with Gasteiger partial charge in [0.05, 0.1) is 0 Å². The van der Waals surface area contributed by atoms with Gasteiger partial charge in [0.1, 0.15) is 11.4 Å². The molecule has 1 amide bonds. The van der Waals surface area contributed by atoms with Crippen LogP contribution < -0.4 is 0 Å². The number of amides is 1. The molecule has 1 atom stereocenters. The summed E-state index contributed by atoms with van der Waals surface area (Å²) < 4.78 is 18.9. The van der Waals surface area contributed by atoms with Crippen molar-refractivity contribution in [2.75, 3.05) is 13.1 Å². The molecule has 25 heavy (non-hydrogen) atoms. The van der Waals surface area contributed by atoms with E-state index in [9.17, 15) is 9.18 Å². The van der Waals surface area contributed by atoms with Crippen molar-refractivity contribution in [1.82, 2.24) is 4.90 Å². The fraction of sp³-hybridized carbons (Fsp3) is 0.286. The zero-order valence-electron chi connectivity index (χ0n) is 14.0. The lowest BCUT2D eigenvalue weighted by atomic mass is 9.94. The highest BCUT2D eigenvalue weighted by Crippen LogP contribution is 2.28. The summed E-state index contributed by atoms with van der Waals surface area (Å²) in [6.45, 7) is 1.37. The summed E-state index contributed by atoms with van der Waals surface area (Å²) in [6, 6.07) is 16.1. The average molecular weight is 337 g/mol. The molecule has 0 radical (unpaired) electrons. The number of hydrogen-bond donors (Lipinski definition) is 0. The molecule has 1 aromatic heterocycles. The number of carbonyl (C=O) groups excluding carboxylic acids is 1. The number of rotatable bonds is 2. The second kappa shape index (κ2) is 6.71. The number of benzene rings is 2. The van der Waals surface area contributed by atoms with Crippen LogP contribution >= 0.6 is 0 Å². The van der Waals surface area contributed by atoms with Crippen molar-refractivity contribution in [2.45, 2.75) is 25.2 Å². The lowest BCUT2D eigenvalue weighted by molar-refractivity contribution is 0.0725. The van der Waals surface area contributed by atoms with E-state index < -0.39 is 0 Å². The third-order valence-electron chi connectivity index (χ3n) is 4.94. The predicted octanol–water partition coefficient (Wildman–Crippen LogP) is 4.98. The Morgan fingerprint density at radius 1 is 1.08 bits per heavy atom. The normalized spacial score (nSPS) is 18.3. The van der Waals surface area contributed by atoms with Crippen LogP contribution in [0.3, 0.4) is 0 Å². The van der Waals surface area contributed by atoms with E-state index in [-0.39, 0.29) is 17.6 Å². The van der Waals surface area contributed by atoms with Gasteiger partial charge in [-0.1, -0.05) is 36.8 Å². The number of likely N-dealkylation sites (tertiary alicyclic amines) is 1. The summed E-state index contributed by atoms with van der Waals surface area (Å²) in [7, 11) is 0. The smallest absolute Gasteiger partial charge is 0.289 e. The number of furan rings is 1. The Balaban J connectivity index is 1.57. The molecule has 1 saturated heterocycles. The van der Waals surface area contributed by atoms with Crippen LogP contribution in [0.15, 0.2) is 59.0 Å². The van der Waals surface area contributed by atoms with Gasteiger partial charge in [-0.05, 0) is 42.7 Å². The van der Waals surface area contributed by atoms with E-state index in [0.29, 0.717) is 12.3 Å². The number of halogens is 1. The van der Waals surface area contributed by atoms with Crippen LogP contribution in [0.25, 0.3) is 11.0 Å². The standard InChI is InChI=1S/C21H20FNO2/c22-18-10-8-15(9-11-18)17-6-3-4-12-23(14-17)21(24)20-13-16-5-1-2-7-19(16)25-20/h1-2,5,7-11,13,17H,3-4,6,12,14H2/t17-/m0/s1. The van der Waals surface area contributed by atoms with E-state index in [1.807, 2.05) is 47.4 Å². The summed E-state index contributed by atoms with van der Waals surface area (Å²) in [5.41, 5.74) is 1.82. The Bertz CT molecular complexity index is 851. The molecular formula is C21H20FNO2. The lowest BCUT2D eigenvalue weighted by Crippen LogP contribution is -2.33. The molecule has 0 saturated carbocycles. The first-order valence-electron chi connectivity index (χ1n) is 8.74. The Hall–Kier alpha value is -2.62. The van der Waals surface area contributed by atoms with Crippen LogP contribution in [0, 0.1) is 5.82 Å². The Morgan fingerprint density at radius 3 is 2.68 bits per heavy atom. The van der Waals surface area contributed by atoms with Crippen LogP contribution in [-0.2, 0) is 0 Å². The largest absolute Gasteiger partial charge is 0.451 e. The molecule has 2 aromatic carbocycles. The van der Waals surface area contributed by atoms with Gasteiger partial charge in [-0.2, -0.15) is 0 Å². The van der Waals surface area contributed by atoms with Gasteiger partial charge in [-0.25, -0.2) is 4.39 Å². The van der Waals surface area contributed by atoms with Gasteiger partial charge < -0.3 is 9.32 Å². The van der Waals surface area contributed by atoms with Gasteiger partial charge in [0, 0.05) is 24.4 Å². The maximum absolute atomic E-state index is 13.2. The van der Waals surface area contributed by atoms with E-state index in [0.717, 1.165) is 42.3 Å². The van der Waals surface area contributed by atoms with Crippen molar-refractivity contribution < 1.29 is 13.6 Å². The van der Waals surface area contributed by atoms with E-state index in [2.05, 4.69) is 0 Å². The maximum atomic E-state index is 13.2. The van der Waals surface area contributed by atoms with Gasteiger partial charge in [-0.15, -0.1) is 0 Å². The van der Waals surface area contributed by atoms with Crippen LogP contribution in [0.5, 0.6) is 0 Å². The molecule has 2 heterocycles. The zero-order chi connectivity index (χ0) is 17.2. The van der Waals surface area contributed by atoms with E-state index in [1.54, 1.807) is 0 Å². The third kappa shape index (κ3) is 3.29. The van der Waals surface area contributed by atoms with Crippen molar-refractivity contribution in [1.29, 1.82) is 0 Å². The SMILES string of the molecule is O=C(c1cc2ccccc2o1)N1CCCC[C@H](c2ccc(F)cc2)C1. The molecule has 0 aliphatic carbocycles. The van der Waals surface area contributed by atoms with Gasteiger partial charge in [0.25, 0.3) is 5.91 Å². The van der Waals surface area contributed by atoms with Crippen LogP contribution in [-0.4, -0.2) is 23.9 Å². The van der Waals surface area contributed by atoms with Gasteiger partial charge in [0.2, 0.25) is 0 Å². The van der Waals surface area contributed by atoms with Crippen molar-refractivity contribution in [3.05, 3.63) is 71.7 Å². The molecule has 3 aromatic rings. The van der Waals surface area contributed by atoms with Gasteiger partial charge in [0.15, 0.2) is 5.76 Å². The first kappa shape index (κ1) is 15.9. The van der Waals surface area contributed by atoms with Crippen molar-refractivity contribution in [3.8, 4) is 0 Å². The maximum Gasteiger partial charge on any atom is 0.289 e. The molecule has 0 spiro atoms. The second-order valence-electron chi connectivity index (χ2n) is 6.64. The number of para-hydroxylation sites is 1. The number of carbonyl (C=O) groups is 1. The van der Waals surface area contributed by atoms with Crippen LogP contribution in [0.4, 0.5) is 4.39 Å². The molecule has 128 valence electrons. The molecule has 4 rings (SSSR count). The first-order chi connectivity index (χ1) is 12.2. The van der Waals surface area contributed by atoms with Gasteiger partial charge >= 0.3 is 0 Å². The number of hydrogen-bond acceptors (Lipinski definition) is 2. The molecule has 1 fully saturated rings. The fourth-order valence-corrected chi connectivity index (χ4v) is 3.58. The molecule has 0 bridgehead atoms. The summed E-state index contributed by atoms with van der Waals surface area (Å²) >= 11 is 0. The van der Waals surface area contributed by atoms with E-state index in [4.69, 9.17) is 4.42 Å². The highest BCUT2D eigenvalue weighted by atomic mass is 19.1. The van der Waals surface area contributed by atoms with Crippen molar-refractivity contribution in [2.24, 2.45) is 0 Å². The predicted molar refractivity (Wildman–Crippen MR) is 95.1 cm³/mol. The minimum Gasteiger partial charge on any atom is -0.451 e. The Kier molecular flexibility index (Phi) is 4.26. The van der Waals surface area contributed by atoms with Gasteiger partial charge in [-0.3, -0.25) is 4.79 Å². The van der Waals surface area contributed by atoms with E-state index >= 15 is 0 Å².